The van der Waals surface area contributed by atoms with E-state index >= 15 is 0 Å². The Balaban J connectivity index is 2.18. The van der Waals surface area contributed by atoms with E-state index in [-0.39, 0.29) is 5.57 Å². The minimum atomic E-state index is -0.893. The predicted octanol–water partition coefficient (Wildman–Crippen LogP) is 2.95. The summed E-state index contributed by atoms with van der Waals surface area (Å²) < 4.78 is 0. The van der Waals surface area contributed by atoms with E-state index in [0.717, 1.165) is 11.5 Å². The number of benzene rings is 1. The first kappa shape index (κ1) is 11.9. The molecule has 0 bridgehead atoms. The lowest BCUT2D eigenvalue weighted by molar-refractivity contribution is -0.132. The molecule has 3 heteroatoms. The molecule has 0 fully saturated rings. The molecule has 1 N–H and O–H groups in total. The molecular weight excluding hydrogens is 208 g/mol. The van der Waals surface area contributed by atoms with Crippen LogP contribution in [0.3, 0.4) is 0 Å². The van der Waals surface area contributed by atoms with Gasteiger partial charge in [-0.25, -0.2) is 4.79 Å². The molecule has 2 nitrogen and oxygen atoms in total. The van der Waals surface area contributed by atoms with Crippen LogP contribution in [0.1, 0.15) is 12.0 Å². The maximum atomic E-state index is 10.5. The van der Waals surface area contributed by atoms with Crippen molar-refractivity contribution in [3.05, 3.63) is 48.0 Å². The highest BCUT2D eigenvalue weighted by atomic mass is 32.2. The van der Waals surface area contributed by atoms with Crippen molar-refractivity contribution in [3.8, 4) is 0 Å². The smallest absolute Gasteiger partial charge is 0.330 e. The highest BCUT2D eigenvalue weighted by Crippen LogP contribution is 2.14. The van der Waals surface area contributed by atoms with Crippen molar-refractivity contribution in [1.82, 2.24) is 0 Å². The van der Waals surface area contributed by atoms with Crippen LogP contribution in [0.15, 0.2) is 42.5 Å². The summed E-state index contributed by atoms with van der Waals surface area (Å²) in [5, 5.41) is 8.59. The Morgan fingerprint density at radius 3 is 2.60 bits per heavy atom. The standard InChI is InChI=1S/C12H14O2S/c1-10(12(13)14)7-8-15-9-11-5-3-2-4-6-11/h2-6H,1,7-9H2,(H,13,14). The second-order valence-electron chi connectivity index (χ2n) is 3.20. The average Bonchev–Trinajstić information content (AvgIpc) is 2.25. The number of aliphatic carboxylic acids is 1. The molecular formula is C12H14O2S. The maximum absolute atomic E-state index is 10.5. The first-order valence-electron chi connectivity index (χ1n) is 4.73. The highest BCUT2D eigenvalue weighted by Gasteiger charge is 2.02. The van der Waals surface area contributed by atoms with Crippen LogP contribution in [0, 0.1) is 0 Å². The van der Waals surface area contributed by atoms with Crippen LogP contribution in [-0.4, -0.2) is 16.8 Å². The number of carboxylic acid groups (broad SMARTS) is 1. The maximum Gasteiger partial charge on any atom is 0.330 e. The topological polar surface area (TPSA) is 37.3 Å². The van der Waals surface area contributed by atoms with Crippen molar-refractivity contribution in [1.29, 1.82) is 0 Å². The number of carbonyl (C=O) groups is 1. The number of carboxylic acids is 1. The van der Waals surface area contributed by atoms with Gasteiger partial charge in [-0.2, -0.15) is 11.8 Å². The summed E-state index contributed by atoms with van der Waals surface area (Å²) in [7, 11) is 0. The molecule has 0 saturated carbocycles. The van der Waals surface area contributed by atoms with Crippen LogP contribution in [0.25, 0.3) is 0 Å². The Morgan fingerprint density at radius 2 is 2.00 bits per heavy atom. The molecule has 0 spiro atoms. The lowest BCUT2D eigenvalue weighted by atomic mass is 10.2. The van der Waals surface area contributed by atoms with Crippen molar-refractivity contribution >= 4 is 17.7 Å². The fourth-order valence-electron chi connectivity index (χ4n) is 1.07. The van der Waals surface area contributed by atoms with Gasteiger partial charge in [0.25, 0.3) is 0 Å². The quantitative estimate of drug-likeness (QED) is 0.594. The monoisotopic (exact) mass is 222 g/mol. The Kier molecular flexibility index (Phi) is 4.98. The molecule has 0 atom stereocenters. The number of hydrogen-bond donors (Lipinski definition) is 1. The van der Waals surface area contributed by atoms with Crippen molar-refractivity contribution in [2.24, 2.45) is 0 Å². The molecule has 0 aromatic heterocycles. The summed E-state index contributed by atoms with van der Waals surface area (Å²) in [5.74, 6) is 0.837. The van der Waals surface area contributed by atoms with Crippen molar-refractivity contribution in [2.45, 2.75) is 12.2 Å². The molecule has 1 rings (SSSR count). The van der Waals surface area contributed by atoms with Crippen LogP contribution in [-0.2, 0) is 10.5 Å². The molecule has 80 valence electrons. The average molecular weight is 222 g/mol. The first-order chi connectivity index (χ1) is 7.20. The van der Waals surface area contributed by atoms with Gasteiger partial charge in [0.05, 0.1) is 0 Å². The predicted molar refractivity (Wildman–Crippen MR) is 64.0 cm³/mol. The molecule has 0 heterocycles. The summed E-state index contributed by atoms with van der Waals surface area (Å²) in [6, 6.07) is 10.1. The second kappa shape index (κ2) is 6.30. The van der Waals surface area contributed by atoms with E-state index in [1.807, 2.05) is 18.2 Å². The van der Waals surface area contributed by atoms with Gasteiger partial charge in [0.15, 0.2) is 0 Å². The number of thioether (sulfide) groups is 1. The number of hydrogen-bond acceptors (Lipinski definition) is 2. The van der Waals surface area contributed by atoms with Gasteiger partial charge in [0.1, 0.15) is 0 Å². The van der Waals surface area contributed by atoms with Crippen LogP contribution in [0.5, 0.6) is 0 Å². The summed E-state index contributed by atoms with van der Waals surface area (Å²) in [4.78, 5) is 10.5. The molecule has 1 aromatic carbocycles. The van der Waals surface area contributed by atoms with Gasteiger partial charge in [-0.3, -0.25) is 0 Å². The Hall–Kier alpha value is -1.22. The molecule has 0 radical (unpaired) electrons. The van der Waals surface area contributed by atoms with Gasteiger partial charge < -0.3 is 5.11 Å². The van der Waals surface area contributed by atoms with Crippen LogP contribution < -0.4 is 0 Å². The Labute approximate surface area is 94.0 Å². The third-order valence-corrected chi connectivity index (χ3v) is 2.99. The minimum absolute atomic E-state index is 0.288. The SMILES string of the molecule is C=C(CCSCc1ccccc1)C(=O)O. The van der Waals surface area contributed by atoms with Gasteiger partial charge in [0.2, 0.25) is 0 Å². The van der Waals surface area contributed by atoms with E-state index in [0.29, 0.717) is 6.42 Å². The Morgan fingerprint density at radius 1 is 1.33 bits per heavy atom. The zero-order valence-corrected chi connectivity index (χ0v) is 9.30. The fourth-order valence-corrected chi connectivity index (χ4v) is 2.03. The van der Waals surface area contributed by atoms with Crippen molar-refractivity contribution < 1.29 is 9.90 Å². The summed E-state index contributed by atoms with van der Waals surface area (Å²) in [5.41, 5.74) is 1.55. The largest absolute Gasteiger partial charge is 0.478 e. The van der Waals surface area contributed by atoms with Crippen molar-refractivity contribution in [2.75, 3.05) is 5.75 Å². The zero-order chi connectivity index (χ0) is 11.1. The fraction of sp³-hybridized carbons (Fsp3) is 0.250. The molecule has 0 amide bonds. The van der Waals surface area contributed by atoms with Gasteiger partial charge in [-0.1, -0.05) is 36.9 Å². The van der Waals surface area contributed by atoms with Gasteiger partial charge in [-0.05, 0) is 17.7 Å². The zero-order valence-electron chi connectivity index (χ0n) is 8.48. The molecule has 15 heavy (non-hydrogen) atoms. The molecule has 0 aliphatic heterocycles. The number of rotatable bonds is 6. The minimum Gasteiger partial charge on any atom is -0.478 e. The summed E-state index contributed by atoms with van der Waals surface area (Å²) >= 11 is 1.73. The molecule has 0 saturated heterocycles. The van der Waals surface area contributed by atoms with Gasteiger partial charge in [0, 0.05) is 11.3 Å². The lowest BCUT2D eigenvalue weighted by Gasteiger charge is -2.01. The van der Waals surface area contributed by atoms with Crippen LogP contribution in [0.4, 0.5) is 0 Å². The van der Waals surface area contributed by atoms with E-state index in [1.54, 1.807) is 11.8 Å². The summed E-state index contributed by atoms with van der Waals surface area (Å²) in [6.07, 6.45) is 0.548. The molecule has 0 aliphatic rings. The van der Waals surface area contributed by atoms with Gasteiger partial charge in [-0.15, -0.1) is 0 Å². The molecule has 0 aliphatic carbocycles. The molecule has 1 aromatic rings. The van der Waals surface area contributed by atoms with E-state index in [2.05, 4.69) is 18.7 Å². The van der Waals surface area contributed by atoms with E-state index in [9.17, 15) is 4.79 Å². The first-order valence-corrected chi connectivity index (χ1v) is 5.88. The van der Waals surface area contributed by atoms with Gasteiger partial charge >= 0.3 is 5.97 Å². The van der Waals surface area contributed by atoms with Crippen LogP contribution in [0.2, 0.25) is 0 Å². The second-order valence-corrected chi connectivity index (χ2v) is 4.30. The van der Waals surface area contributed by atoms with Crippen molar-refractivity contribution in [3.63, 3.8) is 0 Å². The third kappa shape index (κ3) is 4.70. The normalized spacial score (nSPS) is 9.87. The van der Waals surface area contributed by atoms with E-state index < -0.39 is 5.97 Å². The highest BCUT2D eigenvalue weighted by molar-refractivity contribution is 7.98. The summed E-state index contributed by atoms with van der Waals surface area (Å²) in [6.45, 7) is 3.49. The lowest BCUT2D eigenvalue weighted by Crippen LogP contribution is -1.99. The van der Waals surface area contributed by atoms with Crippen LogP contribution >= 0.6 is 11.8 Å². The van der Waals surface area contributed by atoms with E-state index in [4.69, 9.17) is 5.11 Å². The Bertz CT molecular complexity index is 333. The van der Waals surface area contributed by atoms with E-state index in [1.165, 1.54) is 5.56 Å². The molecule has 0 unspecified atom stereocenters. The third-order valence-electron chi connectivity index (χ3n) is 1.96.